The monoisotopic (exact) mass is 460 g/mol. The highest BCUT2D eigenvalue weighted by Crippen LogP contribution is 2.38. The molecule has 0 saturated heterocycles. The zero-order valence-corrected chi connectivity index (χ0v) is 19.2. The first-order chi connectivity index (χ1) is 16.2. The summed E-state index contributed by atoms with van der Waals surface area (Å²) in [4.78, 5) is 16.9. The number of carbonyl (C=O) groups excluding carboxylic acids is 1. The number of nitrogens with zero attached hydrogens (tertiary/aromatic N) is 3. The van der Waals surface area contributed by atoms with Crippen molar-refractivity contribution in [3.8, 4) is 11.4 Å². The van der Waals surface area contributed by atoms with E-state index in [4.69, 9.17) is 21.4 Å². The second-order valence-corrected chi connectivity index (χ2v) is 8.68. The maximum Gasteiger partial charge on any atom is 0.255 e. The molecule has 1 N–H and O–H groups in total. The first kappa shape index (κ1) is 21.5. The summed E-state index contributed by atoms with van der Waals surface area (Å²) in [5.41, 5.74) is 4.37. The SMILES string of the molecule is COc1ccccc1C(=O)NCc1ccc(-n2nc(C3CCCC3)c3ccnc(Cl)c32)cc1. The molecular formula is C26H25ClN4O2. The molecule has 2 heterocycles. The number of hydrogen-bond donors (Lipinski definition) is 1. The van der Waals surface area contributed by atoms with Gasteiger partial charge < -0.3 is 10.1 Å². The lowest BCUT2D eigenvalue weighted by Crippen LogP contribution is -2.23. The van der Waals surface area contributed by atoms with Gasteiger partial charge in [0.1, 0.15) is 11.3 Å². The van der Waals surface area contributed by atoms with E-state index < -0.39 is 0 Å². The fraction of sp³-hybridized carbons (Fsp3) is 0.269. The topological polar surface area (TPSA) is 69.0 Å². The molecule has 7 heteroatoms. The number of hydrogen-bond acceptors (Lipinski definition) is 4. The maximum atomic E-state index is 12.6. The molecule has 0 spiro atoms. The van der Waals surface area contributed by atoms with Crippen LogP contribution in [0.2, 0.25) is 5.15 Å². The molecule has 168 valence electrons. The molecule has 2 aromatic carbocycles. The van der Waals surface area contributed by atoms with E-state index in [1.54, 1.807) is 25.4 Å². The van der Waals surface area contributed by atoms with Crippen LogP contribution in [0.4, 0.5) is 0 Å². The standard InChI is InChI=1S/C26H25ClN4O2/c1-33-22-9-5-4-8-20(22)26(32)29-16-17-10-12-19(13-11-17)31-24-21(14-15-28-25(24)27)23(30-31)18-6-2-3-7-18/h4-5,8-15,18H,2-3,6-7,16H2,1H3,(H,29,32). The largest absolute Gasteiger partial charge is 0.496 e. The summed E-state index contributed by atoms with van der Waals surface area (Å²) in [5.74, 6) is 0.852. The third kappa shape index (κ3) is 4.18. The Morgan fingerprint density at radius 2 is 1.88 bits per heavy atom. The molecular weight excluding hydrogens is 436 g/mol. The van der Waals surface area contributed by atoms with Gasteiger partial charge in [0.15, 0.2) is 5.15 Å². The second kappa shape index (κ2) is 9.24. The molecule has 0 atom stereocenters. The van der Waals surface area contributed by atoms with Crippen molar-refractivity contribution < 1.29 is 9.53 Å². The van der Waals surface area contributed by atoms with Crippen LogP contribution >= 0.6 is 11.6 Å². The van der Waals surface area contributed by atoms with Gasteiger partial charge >= 0.3 is 0 Å². The summed E-state index contributed by atoms with van der Waals surface area (Å²) >= 11 is 6.50. The Labute approximate surface area is 197 Å². The molecule has 1 fully saturated rings. The first-order valence-corrected chi connectivity index (χ1v) is 11.6. The maximum absolute atomic E-state index is 12.6. The van der Waals surface area contributed by atoms with Gasteiger partial charge in [-0.2, -0.15) is 5.10 Å². The van der Waals surface area contributed by atoms with Crippen LogP contribution in [-0.2, 0) is 6.54 Å². The fourth-order valence-corrected chi connectivity index (χ4v) is 4.84. The van der Waals surface area contributed by atoms with E-state index in [0.29, 0.717) is 28.9 Å². The lowest BCUT2D eigenvalue weighted by Gasteiger charge is -2.10. The summed E-state index contributed by atoms with van der Waals surface area (Å²) in [6.45, 7) is 0.409. The second-order valence-electron chi connectivity index (χ2n) is 8.33. The number of carbonyl (C=O) groups is 1. The predicted octanol–water partition coefficient (Wildman–Crippen LogP) is 5.67. The molecule has 0 unspecified atom stereocenters. The summed E-state index contributed by atoms with van der Waals surface area (Å²) in [6.07, 6.45) is 6.57. The summed E-state index contributed by atoms with van der Waals surface area (Å²) in [6, 6.07) is 17.2. The van der Waals surface area contributed by atoms with Crippen molar-refractivity contribution in [2.75, 3.05) is 7.11 Å². The van der Waals surface area contributed by atoms with Crippen molar-refractivity contribution in [3.05, 3.63) is 82.8 Å². The molecule has 4 aromatic rings. The minimum Gasteiger partial charge on any atom is -0.496 e. The highest BCUT2D eigenvalue weighted by atomic mass is 35.5. The third-order valence-electron chi connectivity index (χ3n) is 6.30. The van der Waals surface area contributed by atoms with Crippen LogP contribution in [-0.4, -0.2) is 27.8 Å². The predicted molar refractivity (Wildman–Crippen MR) is 129 cm³/mol. The third-order valence-corrected chi connectivity index (χ3v) is 6.58. The van der Waals surface area contributed by atoms with Gasteiger partial charge in [-0.15, -0.1) is 0 Å². The van der Waals surface area contributed by atoms with Crippen molar-refractivity contribution in [1.82, 2.24) is 20.1 Å². The Morgan fingerprint density at radius 1 is 1.12 bits per heavy atom. The van der Waals surface area contributed by atoms with E-state index in [-0.39, 0.29) is 5.91 Å². The van der Waals surface area contributed by atoms with Gasteiger partial charge in [0.25, 0.3) is 5.91 Å². The quantitative estimate of drug-likeness (QED) is 0.376. The molecule has 0 aliphatic heterocycles. The van der Waals surface area contributed by atoms with Crippen molar-refractivity contribution in [1.29, 1.82) is 0 Å². The Bertz CT molecular complexity index is 1290. The number of methoxy groups -OCH3 is 1. The van der Waals surface area contributed by atoms with E-state index >= 15 is 0 Å². The number of benzene rings is 2. The Morgan fingerprint density at radius 3 is 2.64 bits per heavy atom. The molecule has 1 aliphatic rings. The number of rotatable bonds is 6. The number of nitrogens with one attached hydrogen (secondary N) is 1. The number of fused-ring (bicyclic) bond motifs is 1. The van der Waals surface area contributed by atoms with Crippen LogP contribution < -0.4 is 10.1 Å². The van der Waals surface area contributed by atoms with Gasteiger partial charge in [-0.3, -0.25) is 4.79 Å². The van der Waals surface area contributed by atoms with Crippen molar-refractivity contribution in [2.45, 2.75) is 38.1 Å². The van der Waals surface area contributed by atoms with Crippen LogP contribution in [0.5, 0.6) is 5.75 Å². The molecule has 5 rings (SSSR count). The Hall–Kier alpha value is -3.38. The number of halogens is 1. The van der Waals surface area contributed by atoms with Gasteiger partial charge in [-0.25, -0.2) is 9.67 Å². The van der Waals surface area contributed by atoms with Crippen LogP contribution in [0.15, 0.2) is 60.8 Å². The van der Waals surface area contributed by atoms with Crippen molar-refractivity contribution in [3.63, 3.8) is 0 Å². The van der Waals surface area contributed by atoms with Gasteiger partial charge in [0.05, 0.1) is 24.1 Å². The fourth-order valence-electron chi connectivity index (χ4n) is 4.60. The van der Waals surface area contributed by atoms with Crippen LogP contribution in [0.1, 0.15) is 53.2 Å². The minimum absolute atomic E-state index is 0.173. The summed E-state index contributed by atoms with van der Waals surface area (Å²) in [5, 5.41) is 9.46. The molecule has 6 nitrogen and oxygen atoms in total. The van der Waals surface area contributed by atoms with Gasteiger partial charge in [-0.1, -0.05) is 48.7 Å². The van der Waals surface area contributed by atoms with Crippen molar-refractivity contribution in [2.24, 2.45) is 0 Å². The molecule has 0 bridgehead atoms. The van der Waals surface area contributed by atoms with Gasteiger partial charge in [0, 0.05) is 24.0 Å². The summed E-state index contributed by atoms with van der Waals surface area (Å²) in [7, 11) is 1.56. The smallest absolute Gasteiger partial charge is 0.255 e. The molecule has 0 radical (unpaired) electrons. The van der Waals surface area contributed by atoms with Gasteiger partial charge in [0.2, 0.25) is 0 Å². The van der Waals surface area contributed by atoms with Crippen LogP contribution in [0.25, 0.3) is 16.6 Å². The van der Waals surface area contributed by atoms with E-state index in [0.717, 1.165) is 40.7 Å². The van der Waals surface area contributed by atoms with E-state index in [9.17, 15) is 4.79 Å². The lowest BCUT2D eigenvalue weighted by atomic mass is 10.0. The zero-order chi connectivity index (χ0) is 22.8. The van der Waals surface area contributed by atoms with Crippen molar-refractivity contribution >= 4 is 28.4 Å². The number of aromatic nitrogens is 3. The molecule has 1 amide bonds. The van der Waals surface area contributed by atoms with E-state index in [2.05, 4.69) is 10.3 Å². The van der Waals surface area contributed by atoms with Gasteiger partial charge in [-0.05, 0) is 48.7 Å². The molecule has 1 saturated carbocycles. The van der Waals surface area contributed by atoms with E-state index in [1.807, 2.05) is 47.1 Å². The molecule has 33 heavy (non-hydrogen) atoms. The zero-order valence-electron chi connectivity index (χ0n) is 18.4. The minimum atomic E-state index is -0.173. The number of para-hydroxylation sites is 1. The molecule has 2 aromatic heterocycles. The van der Waals surface area contributed by atoms with E-state index in [1.165, 1.54) is 12.8 Å². The Balaban J connectivity index is 1.38. The number of pyridine rings is 1. The Kier molecular flexibility index (Phi) is 6.01. The lowest BCUT2D eigenvalue weighted by molar-refractivity contribution is 0.0948. The first-order valence-electron chi connectivity index (χ1n) is 11.2. The number of ether oxygens (including phenoxy) is 1. The highest BCUT2D eigenvalue weighted by molar-refractivity contribution is 6.34. The van der Waals surface area contributed by atoms with Crippen LogP contribution in [0.3, 0.4) is 0 Å². The average Bonchev–Trinajstić information content (AvgIpc) is 3.51. The summed E-state index contributed by atoms with van der Waals surface area (Å²) < 4.78 is 7.18. The van der Waals surface area contributed by atoms with Crippen LogP contribution in [0, 0.1) is 0 Å². The highest BCUT2D eigenvalue weighted by Gasteiger charge is 2.25. The average molecular weight is 461 g/mol. The normalized spacial score (nSPS) is 14.0. The molecule has 1 aliphatic carbocycles. The number of amides is 1.